The fourth-order valence-electron chi connectivity index (χ4n) is 1.27. The van der Waals surface area contributed by atoms with Gasteiger partial charge in [-0.15, -0.1) is 0 Å². The number of carbonyl (C=O) groups is 1. The molecular weight excluding hydrogens is 258 g/mol. The van der Waals surface area contributed by atoms with Crippen molar-refractivity contribution in [2.45, 2.75) is 12.5 Å². The molecule has 0 bridgehead atoms. The van der Waals surface area contributed by atoms with Gasteiger partial charge in [0.25, 0.3) is 11.3 Å². The van der Waals surface area contributed by atoms with Crippen LogP contribution in [0.3, 0.4) is 0 Å². The smallest absolute Gasteiger partial charge is 0.313 e. The Kier molecular flexibility index (Phi) is 4.29. The van der Waals surface area contributed by atoms with E-state index in [9.17, 15) is 9.00 Å². The third-order valence-electron chi connectivity index (χ3n) is 2.24. The maximum absolute atomic E-state index is 11.4. The molecule has 2 rings (SSSR count). The summed E-state index contributed by atoms with van der Waals surface area (Å²) >= 11 is -1.57. The van der Waals surface area contributed by atoms with Gasteiger partial charge in [-0.05, 0) is 24.3 Å². The number of anilines is 1. The lowest BCUT2D eigenvalue weighted by Gasteiger charge is -2.06. The molecule has 2 atom stereocenters. The van der Waals surface area contributed by atoms with E-state index in [0.29, 0.717) is 18.0 Å². The highest BCUT2D eigenvalue weighted by Gasteiger charge is 2.26. The van der Waals surface area contributed by atoms with Crippen LogP contribution in [0.25, 0.3) is 0 Å². The van der Waals surface area contributed by atoms with Crippen LogP contribution < -0.4 is 9.46 Å². The van der Waals surface area contributed by atoms with Crippen LogP contribution in [0.1, 0.15) is 6.42 Å². The fraction of sp³-hybridized carbons (Fsp3) is 0.364. The van der Waals surface area contributed by atoms with Crippen molar-refractivity contribution in [3.05, 3.63) is 24.3 Å². The van der Waals surface area contributed by atoms with E-state index in [1.165, 1.54) is 7.11 Å². The van der Waals surface area contributed by atoms with E-state index in [1.54, 1.807) is 24.3 Å². The summed E-state index contributed by atoms with van der Waals surface area (Å²) in [6, 6.07) is 6.52. The highest BCUT2D eigenvalue weighted by atomic mass is 32.2. The average molecular weight is 271 g/mol. The first kappa shape index (κ1) is 13.0. The van der Waals surface area contributed by atoms with E-state index >= 15 is 0 Å². The van der Waals surface area contributed by atoms with Crippen molar-refractivity contribution in [2.75, 3.05) is 18.4 Å². The van der Waals surface area contributed by atoms with Crippen LogP contribution in [0.4, 0.5) is 5.69 Å². The molecule has 0 aromatic heterocycles. The highest BCUT2D eigenvalue weighted by molar-refractivity contribution is 7.81. The van der Waals surface area contributed by atoms with E-state index in [4.69, 9.17) is 9.47 Å². The van der Waals surface area contributed by atoms with Crippen molar-refractivity contribution in [3.8, 4) is 5.75 Å². The lowest BCUT2D eigenvalue weighted by Crippen LogP contribution is -2.10. The molecule has 1 aliphatic rings. The minimum atomic E-state index is -1.57. The Hall–Kier alpha value is -1.44. The zero-order valence-corrected chi connectivity index (χ0v) is 10.6. The first-order valence-electron chi connectivity index (χ1n) is 5.32. The van der Waals surface area contributed by atoms with Gasteiger partial charge in [-0.25, -0.2) is 4.21 Å². The summed E-state index contributed by atoms with van der Waals surface area (Å²) in [4.78, 5) is 11.4. The van der Waals surface area contributed by atoms with Crippen LogP contribution in [0.2, 0.25) is 0 Å². The molecular formula is C11H13NO5S. The number of rotatable bonds is 6. The van der Waals surface area contributed by atoms with Crippen molar-refractivity contribution >= 4 is 22.9 Å². The second-order valence-corrected chi connectivity index (χ2v) is 4.67. The fourth-order valence-corrected chi connectivity index (χ4v) is 1.69. The van der Waals surface area contributed by atoms with E-state index < -0.39 is 11.3 Å². The minimum Gasteiger partial charge on any atom is -0.426 e. The van der Waals surface area contributed by atoms with Crippen molar-refractivity contribution < 1.29 is 22.7 Å². The zero-order valence-electron chi connectivity index (χ0n) is 9.75. The van der Waals surface area contributed by atoms with Gasteiger partial charge in [0.1, 0.15) is 5.75 Å². The summed E-state index contributed by atoms with van der Waals surface area (Å²) < 4.78 is 28.2. The molecule has 1 heterocycles. The van der Waals surface area contributed by atoms with Gasteiger partial charge < -0.3 is 9.47 Å². The Bertz CT molecular complexity index is 443. The predicted octanol–water partition coefficient (Wildman–Crippen LogP) is 1.02. The lowest BCUT2D eigenvalue weighted by atomic mass is 10.3. The van der Waals surface area contributed by atoms with Crippen LogP contribution in [0, 0.1) is 0 Å². The summed E-state index contributed by atoms with van der Waals surface area (Å²) in [5, 5.41) is 0. The summed E-state index contributed by atoms with van der Waals surface area (Å²) in [7, 11) is 1.33. The molecule has 1 aliphatic heterocycles. The number of epoxide rings is 1. The number of ether oxygens (including phenoxy) is 2. The van der Waals surface area contributed by atoms with Gasteiger partial charge in [0.05, 0.1) is 26.2 Å². The first-order chi connectivity index (χ1) is 8.67. The number of benzene rings is 1. The van der Waals surface area contributed by atoms with Crippen LogP contribution >= 0.6 is 0 Å². The second-order valence-electron chi connectivity index (χ2n) is 3.66. The Morgan fingerprint density at radius 2 is 2.17 bits per heavy atom. The van der Waals surface area contributed by atoms with Gasteiger partial charge in [0, 0.05) is 5.69 Å². The molecule has 1 aromatic rings. The van der Waals surface area contributed by atoms with Crippen LogP contribution in [0.15, 0.2) is 24.3 Å². The molecule has 0 aliphatic carbocycles. The molecule has 2 unspecified atom stereocenters. The first-order valence-corrected chi connectivity index (χ1v) is 6.40. The van der Waals surface area contributed by atoms with Gasteiger partial charge in [0.15, 0.2) is 0 Å². The SMILES string of the molecule is COS(=O)Nc1ccc(OC(=O)CC2CO2)cc1. The lowest BCUT2D eigenvalue weighted by molar-refractivity contribution is -0.134. The molecule has 1 saturated heterocycles. The van der Waals surface area contributed by atoms with E-state index in [2.05, 4.69) is 8.91 Å². The Balaban J connectivity index is 1.86. The number of esters is 1. The molecule has 0 spiro atoms. The molecule has 6 nitrogen and oxygen atoms in total. The third kappa shape index (κ3) is 4.10. The van der Waals surface area contributed by atoms with Gasteiger partial charge >= 0.3 is 5.97 Å². The largest absolute Gasteiger partial charge is 0.426 e. The van der Waals surface area contributed by atoms with E-state index in [1.807, 2.05) is 0 Å². The van der Waals surface area contributed by atoms with Crippen LogP contribution in [-0.4, -0.2) is 30.0 Å². The molecule has 1 aromatic carbocycles. The summed E-state index contributed by atoms with van der Waals surface area (Å²) in [6.45, 7) is 0.626. The van der Waals surface area contributed by atoms with Gasteiger partial charge in [0.2, 0.25) is 0 Å². The monoisotopic (exact) mass is 271 g/mol. The van der Waals surface area contributed by atoms with E-state index in [0.717, 1.165) is 0 Å². The van der Waals surface area contributed by atoms with Crippen LogP contribution in [0.5, 0.6) is 5.75 Å². The van der Waals surface area contributed by atoms with Crippen LogP contribution in [-0.2, 0) is 25.0 Å². The molecule has 1 N–H and O–H groups in total. The summed E-state index contributed by atoms with van der Waals surface area (Å²) in [5.74, 6) is 0.119. The number of hydrogen-bond acceptors (Lipinski definition) is 5. The minimum absolute atomic E-state index is 0.0163. The molecule has 0 radical (unpaired) electrons. The third-order valence-corrected chi connectivity index (χ3v) is 2.94. The molecule has 7 heteroatoms. The molecule has 0 amide bonds. The zero-order chi connectivity index (χ0) is 13.0. The molecule has 18 heavy (non-hydrogen) atoms. The molecule has 0 saturated carbocycles. The van der Waals surface area contributed by atoms with Crippen molar-refractivity contribution in [1.29, 1.82) is 0 Å². The predicted molar refractivity (Wildman–Crippen MR) is 65.2 cm³/mol. The second kappa shape index (κ2) is 5.94. The summed E-state index contributed by atoms with van der Waals surface area (Å²) in [6.07, 6.45) is 0.288. The average Bonchev–Trinajstić information content (AvgIpc) is 3.15. The normalized spacial score (nSPS) is 19.1. The Labute approximate surface area is 107 Å². The quantitative estimate of drug-likeness (QED) is 0.475. The maximum atomic E-state index is 11.4. The molecule has 1 fully saturated rings. The Morgan fingerprint density at radius 3 is 2.72 bits per heavy atom. The van der Waals surface area contributed by atoms with Gasteiger partial charge in [-0.3, -0.25) is 13.7 Å². The molecule has 98 valence electrons. The summed E-state index contributed by atoms with van der Waals surface area (Å²) in [5.41, 5.74) is 0.612. The topological polar surface area (TPSA) is 77.2 Å². The van der Waals surface area contributed by atoms with Crippen molar-refractivity contribution in [3.63, 3.8) is 0 Å². The number of carbonyl (C=O) groups excluding carboxylic acids is 1. The van der Waals surface area contributed by atoms with E-state index in [-0.39, 0.29) is 18.5 Å². The number of hydrogen-bond donors (Lipinski definition) is 1. The highest BCUT2D eigenvalue weighted by Crippen LogP contribution is 2.19. The van der Waals surface area contributed by atoms with Gasteiger partial charge in [-0.1, -0.05) is 0 Å². The van der Waals surface area contributed by atoms with Crippen molar-refractivity contribution in [1.82, 2.24) is 0 Å². The van der Waals surface area contributed by atoms with Crippen molar-refractivity contribution in [2.24, 2.45) is 0 Å². The maximum Gasteiger partial charge on any atom is 0.313 e. The Morgan fingerprint density at radius 1 is 1.50 bits per heavy atom. The standard InChI is InChI=1S/C11H13NO5S/c1-15-18(14)12-8-2-4-9(5-3-8)17-11(13)6-10-7-16-10/h2-5,10,12H,6-7H2,1H3. The number of nitrogens with one attached hydrogen (secondary N) is 1. The van der Waals surface area contributed by atoms with Gasteiger partial charge in [-0.2, -0.15) is 0 Å².